The first kappa shape index (κ1) is 18.4. The fourth-order valence-corrected chi connectivity index (χ4v) is 3.63. The molecule has 0 aliphatic rings. The van der Waals surface area contributed by atoms with E-state index in [-0.39, 0.29) is 0 Å². The molecule has 3 rings (SSSR count). The SMILES string of the molecule is COc1ccc(Cl)cc1N=Cc1cc(Br)c(Sc2ccc(Cl)cc2)o1. The molecule has 0 spiro atoms. The fraction of sp³-hybridized carbons (Fsp3) is 0.0556. The largest absolute Gasteiger partial charge is 0.494 e. The van der Waals surface area contributed by atoms with Crippen LogP contribution in [0.3, 0.4) is 0 Å². The van der Waals surface area contributed by atoms with Crippen molar-refractivity contribution < 1.29 is 9.15 Å². The summed E-state index contributed by atoms with van der Waals surface area (Å²) in [6.45, 7) is 0. The molecule has 25 heavy (non-hydrogen) atoms. The van der Waals surface area contributed by atoms with Gasteiger partial charge in [0.15, 0.2) is 5.09 Å². The van der Waals surface area contributed by atoms with Gasteiger partial charge in [-0.1, -0.05) is 35.0 Å². The van der Waals surface area contributed by atoms with Crippen LogP contribution in [0, 0.1) is 0 Å². The van der Waals surface area contributed by atoms with Crippen LogP contribution < -0.4 is 4.74 Å². The van der Waals surface area contributed by atoms with Crippen molar-refractivity contribution in [3.63, 3.8) is 0 Å². The number of halogens is 3. The Kier molecular flexibility index (Phi) is 6.12. The average molecular weight is 457 g/mol. The van der Waals surface area contributed by atoms with E-state index in [0.717, 1.165) is 14.5 Å². The van der Waals surface area contributed by atoms with Crippen LogP contribution in [0.1, 0.15) is 5.76 Å². The molecule has 1 aromatic heterocycles. The minimum Gasteiger partial charge on any atom is -0.494 e. The van der Waals surface area contributed by atoms with Crippen LogP contribution in [0.5, 0.6) is 5.75 Å². The van der Waals surface area contributed by atoms with E-state index in [4.69, 9.17) is 32.4 Å². The molecule has 128 valence electrons. The van der Waals surface area contributed by atoms with Gasteiger partial charge in [0.1, 0.15) is 17.2 Å². The molecule has 0 aliphatic heterocycles. The molecule has 0 aliphatic carbocycles. The van der Waals surface area contributed by atoms with Gasteiger partial charge in [-0.05, 0) is 58.4 Å². The molecule has 0 unspecified atom stereocenters. The van der Waals surface area contributed by atoms with Gasteiger partial charge >= 0.3 is 0 Å². The van der Waals surface area contributed by atoms with Gasteiger partial charge in [-0.2, -0.15) is 0 Å². The quantitative estimate of drug-likeness (QED) is 0.379. The lowest BCUT2D eigenvalue weighted by molar-refractivity contribution is 0.416. The summed E-state index contributed by atoms with van der Waals surface area (Å²) in [6, 6.07) is 14.7. The second-order valence-electron chi connectivity index (χ2n) is 4.91. The van der Waals surface area contributed by atoms with Gasteiger partial charge in [0, 0.05) is 21.0 Å². The van der Waals surface area contributed by atoms with Crippen LogP contribution in [-0.2, 0) is 0 Å². The van der Waals surface area contributed by atoms with Gasteiger partial charge in [0.05, 0.1) is 17.8 Å². The van der Waals surface area contributed by atoms with Crippen LogP contribution in [0.25, 0.3) is 0 Å². The Hall–Kier alpha value is -1.40. The summed E-state index contributed by atoms with van der Waals surface area (Å²) in [4.78, 5) is 5.43. The number of methoxy groups -OCH3 is 1. The summed E-state index contributed by atoms with van der Waals surface area (Å²) in [5.74, 6) is 1.26. The molecule has 0 radical (unpaired) electrons. The van der Waals surface area contributed by atoms with Gasteiger partial charge in [0.2, 0.25) is 0 Å². The number of hydrogen-bond acceptors (Lipinski definition) is 4. The maximum atomic E-state index is 6.01. The fourth-order valence-electron chi connectivity index (χ4n) is 2.01. The minimum absolute atomic E-state index is 0.590. The normalized spacial score (nSPS) is 11.2. The smallest absolute Gasteiger partial charge is 0.179 e. The average Bonchev–Trinajstić information content (AvgIpc) is 2.95. The van der Waals surface area contributed by atoms with E-state index in [0.29, 0.717) is 27.2 Å². The molecule has 0 saturated heterocycles. The second-order valence-corrected chi connectivity index (χ2v) is 7.69. The van der Waals surface area contributed by atoms with Crippen molar-refractivity contribution in [3.8, 4) is 5.75 Å². The summed E-state index contributed by atoms with van der Waals surface area (Å²) < 4.78 is 12.0. The summed E-state index contributed by atoms with van der Waals surface area (Å²) in [6.07, 6.45) is 1.63. The molecule has 2 aromatic carbocycles. The molecule has 3 aromatic rings. The van der Waals surface area contributed by atoms with Crippen LogP contribution >= 0.6 is 50.9 Å². The van der Waals surface area contributed by atoms with E-state index in [2.05, 4.69) is 20.9 Å². The van der Waals surface area contributed by atoms with E-state index >= 15 is 0 Å². The number of ether oxygens (including phenoxy) is 1. The van der Waals surface area contributed by atoms with Crippen molar-refractivity contribution in [1.82, 2.24) is 0 Å². The highest BCUT2D eigenvalue weighted by Crippen LogP contribution is 2.36. The minimum atomic E-state index is 0.590. The third-order valence-corrected chi connectivity index (χ3v) is 5.51. The number of furan rings is 1. The first-order valence-corrected chi connectivity index (χ1v) is 9.52. The summed E-state index contributed by atoms with van der Waals surface area (Å²) in [5, 5.41) is 2.03. The molecule has 0 saturated carbocycles. The Morgan fingerprint density at radius 3 is 2.52 bits per heavy atom. The number of hydrogen-bond donors (Lipinski definition) is 0. The zero-order chi connectivity index (χ0) is 17.8. The van der Waals surface area contributed by atoms with E-state index in [9.17, 15) is 0 Å². The van der Waals surface area contributed by atoms with Crippen LogP contribution in [0.4, 0.5) is 5.69 Å². The van der Waals surface area contributed by atoms with E-state index in [1.165, 1.54) is 11.8 Å². The monoisotopic (exact) mass is 455 g/mol. The second kappa shape index (κ2) is 8.32. The summed E-state index contributed by atoms with van der Waals surface area (Å²) in [5.41, 5.74) is 0.634. The molecule has 1 heterocycles. The Morgan fingerprint density at radius 1 is 1.08 bits per heavy atom. The Labute approximate surface area is 168 Å². The molecule has 0 atom stereocenters. The van der Waals surface area contributed by atoms with Crippen molar-refractivity contribution in [2.75, 3.05) is 7.11 Å². The molecule has 7 heteroatoms. The van der Waals surface area contributed by atoms with Crippen molar-refractivity contribution in [2.24, 2.45) is 4.99 Å². The number of rotatable bonds is 5. The standard InChI is InChI=1S/C18H12BrCl2NO2S/c1-23-17-7-4-12(21)8-16(17)22-10-13-9-15(19)18(24-13)25-14-5-2-11(20)3-6-14/h2-10H,1H3. The van der Waals surface area contributed by atoms with Gasteiger partial charge < -0.3 is 9.15 Å². The lowest BCUT2D eigenvalue weighted by Crippen LogP contribution is -1.83. The lowest BCUT2D eigenvalue weighted by atomic mass is 10.3. The van der Waals surface area contributed by atoms with Crippen molar-refractivity contribution in [2.45, 2.75) is 9.99 Å². The van der Waals surface area contributed by atoms with E-state index < -0.39 is 0 Å². The van der Waals surface area contributed by atoms with E-state index in [1.54, 1.807) is 31.5 Å². The first-order chi connectivity index (χ1) is 12.0. The third-order valence-electron chi connectivity index (χ3n) is 3.17. The third kappa shape index (κ3) is 4.82. The molecule has 0 fully saturated rings. The Balaban J connectivity index is 1.80. The van der Waals surface area contributed by atoms with Crippen molar-refractivity contribution in [1.29, 1.82) is 0 Å². The van der Waals surface area contributed by atoms with Crippen LogP contribution in [-0.4, -0.2) is 13.3 Å². The van der Waals surface area contributed by atoms with E-state index in [1.807, 2.05) is 30.3 Å². The molecular formula is C18H12BrCl2NO2S. The van der Waals surface area contributed by atoms with Crippen molar-refractivity contribution in [3.05, 3.63) is 68.8 Å². The highest BCUT2D eigenvalue weighted by Gasteiger charge is 2.10. The van der Waals surface area contributed by atoms with Gasteiger partial charge in [0.25, 0.3) is 0 Å². The molecule has 0 amide bonds. The van der Waals surface area contributed by atoms with Crippen molar-refractivity contribution >= 4 is 62.8 Å². The van der Waals surface area contributed by atoms with Gasteiger partial charge in [-0.3, -0.25) is 0 Å². The number of aliphatic imine (C=N–C) groups is 1. The number of benzene rings is 2. The van der Waals surface area contributed by atoms with Crippen LogP contribution in [0.15, 0.2) is 72.4 Å². The highest BCUT2D eigenvalue weighted by molar-refractivity contribution is 9.10. The van der Waals surface area contributed by atoms with Crippen LogP contribution in [0.2, 0.25) is 10.0 Å². The first-order valence-electron chi connectivity index (χ1n) is 7.15. The Morgan fingerprint density at radius 2 is 1.80 bits per heavy atom. The molecular weight excluding hydrogens is 445 g/mol. The highest BCUT2D eigenvalue weighted by atomic mass is 79.9. The molecule has 0 N–H and O–H groups in total. The zero-order valence-electron chi connectivity index (χ0n) is 13.0. The maximum Gasteiger partial charge on any atom is 0.179 e. The number of nitrogens with zero attached hydrogens (tertiary/aromatic N) is 1. The van der Waals surface area contributed by atoms with Gasteiger partial charge in [-0.25, -0.2) is 4.99 Å². The zero-order valence-corrected chi connectivity index (χ0v) is 16.9. The summed E-state index contributed by atoms with van der Waals surface area (Å²) in [7, 11) is 1.59. The van der Waals surface area contributed by atoms with Gasteiger partial charge in [-0.15, -0.1) is 0 Å². The Bertz CT molecular complexity index is 910. The predicted molar refractivity (Wildman–Crippen MR) is 107 cm³/mol. The molecule has 3 nitrogen and oxygen atoms in total. The predicted octanol–water partition coefficient (Wildman–Crippen LogP) is 7.26. The topological polar surface area (TPSA) is 34.7 Å². The summed E-state index contributed by atoms with van der Waals surface area (Å²) >= 11 is 16.9. The lowest BCUT2D eigenvalue weighted by Gasteiger charge is -2.03. The maximum absolute atomic E-state index is 6.01. The molecule has 0 bridgehead atoms.